The molecule has 1 heterocycles. The van der Waals surface area contributed by atoms with E-state index in [1.807, 2.05) is 11.3 Å². The third kappa shape index (κ3) is 2.93. The third-order valence-electron chi connectivity index (χ3n) is 4.82. The molecule has 1 fully saturated rings. The number of hydrogen-bond donors (Lipinski definition) is 1. The number of thiophene rings is 1. The van der Waals surface area contributed by atoms with Gasteiger partial charge < -0.3 is 5.32 Å². The Hall–Kier alpha value is -1.12. The molecule has 0 spiro atoms. The van der Waals surface area contributed by atoms with E-state index in [2.05, 4.69) is 42.6 Å². The highest BCUT2D eigenvalue weighted by Crippen LogP contribution is 2.41. The van der Waals surface area contributed by atoms with Crippen molar-refractivity contribution in [3.05, 3.63) is 56.8 Å². The second-order valence-electron chi connectivity index (χ2n) is 6.62. The Morgan fingerprint density at radius 3 is 2.71 bits per heavy atom. The smallest absolute Gasteiger partial charge is 0.0351 e. The van der Waals surface area contributed by atoms with Gasteiger partial charge in [0.15, 0.2) is 0 Å². The Morgan fingerprint density at radius 2 is 2.00 bits per heavy atom. The van der Waals surface area contributed by atoms with Gasteiger partial charge in [0.25, 0.3) is 0 Å². The number of aryl methyl sites for hydroxylation is 3. The maximum atomic E-state index is 3.83. The molecule has 2 aliphatic carbocycles. The molecular weight excluding hydrogens is 274 g/mol. The topological polar surface area (TPSA) is 12.0 Å². The molecule has 0 saturated heterocycles. The summed E-state index contributed by atoms with van der Waals surface area (Å²) in [6.45, 7) is 3.20. The molecule has 0 radical (unpaired) electrons. The summed E-state index contributed by atoms with van der Waals surface area (Å²) in [6.07, 6.45) is 6.74. The Morgan fingerprint density at radius 1 is 1.19 bits per heavy atom. The lowest BCUT2D eigenvalue weighted by Crippen LogP contribution is -2.22. The summed E-state index contributed by atoms with van der Waals surface area (Å²) in [4.78, 5) is 3.17. The van der Waals surface area contributed by atoms with Crippen molar-refractivity contribution in [1.82, 2.24) is 5.32 Å². The van der Waals surface area contributed by atoms with E-state index < -0.39 is 0 Å². The molecule has 0 bridgehead atoms. The van der Waals surface area contributed by atoms with E-state index in [0.29, 0.717) is 6.04 Å². The molecule has 1 atom stereocenters. The summed E-state index contributed by atoms with van der Waals surface area (Å²) in [6, 6.07) is 12.1. The first-order valence-electron chi connectivity index (χ1n) is 8.20. The maximum absolute atomic E-state index is 3.83. The summed E-state index contributed by atoms with van der Waals surface area (Å²) in [5.41, 5.74) is 4.44. The Labute approximate surface area is 131 Å². The fourth-order valence-corrected chi connectivity index (χ4v) is 4.66. The summed E-state index contributed by atoms with van der Waals surface area (Å²) in [5, 5.41) is 3.83. The van der Waals surface area contributed by atoms with Crippen LogP contribution in [0.25, 0.3) is 0 Å². The van der Waals surface area contributed by atoms with Crippen LogP contribution in [0.2, 0.25) is 0 Å². The molecule has 1 aromatic carbocycles. The predicted molar refractivity (Wildman–Crippen MR) is 89.8 cm³/mol. The zero-order valence-electron chi connectivity index (χ0n) is 12.7. The molecule has 1 aromatic heterocycles. The lowest BCUT2D eigenvalue weighted by Gasteiger charge is -2.18. The van der Waals surface area contributed by atoms with E-state index in [9.17, 15) is 0 Å². The molecule has 2 aromatic rings. The standard InChI is InChI=1S/C19H23NS/c1-13-5-7-14(8-6-13)19(15-9-10-15)20-12-17-11-16-3-2-4-18(16)21-17/h5-8,11,15,19-20H,2-4,9-10,12H2,1H3. The average molecular weight is 297 g/mol. The van der Waals surface area contributed by atoms with Gasteiger partial charge in [0.05, 0.1) is 0 Å². The van der Waals surface area contributed by atoms with Crippen LogP contribution in [0.4, 0.5) is 0 Å². The van der Waals surface area contributed by atoms with E-state index >= 15 is 0 Å². The number of benzene rings is 1. The Bertz CT molecular complexity index is 600. The molecule has 1 N–H and O–H groups in total. The molecule has 0 aliphatic heterocycles. The molecular formula is C19H23NS. The average Bonchev–Trinajstić information content (AvgIpc) is 3.09. The van der Waals surface area contributed by atoms with E-state index in [-0.39, 0.29) is 0 Å². The van der Waals surface area contributed by atoms with Crippen molar-refractivity contribution in [2.24, 2.45) is 5.92 Å². The van der Waals surface area contributed by atoms with Gasteiger partial charge in [-0.05, 0) is 62.1 Å². The van der Waals surface area contributed by atoms with Crippen molar-refractivity contribution in [3.8, 4) is 0 Å². The SMILES string of the molecule is Cc1ccc(C(NCc2cc3c(s2)CCC3)C2CC2)cc1. The number of hydrogen-bond acceptors (Lipinski definition) is 2. The lowest BCUT2D eigenvalue weighted by molar-refractivity contribution is 0.482. The van der Waals surface area contributed by atoms with Gasteiger partial charge in [-0.15, -0.1) is 11.3 Å². The van der Waals surface area contributed by atoms with Gasteiger partial charge in [0.2, 0.25) is 0 Å². The van der Waals surface area contributed by atoms with Gasteiger partial charge in [-0.3, -0.25) is 0 Å². The van der Waals surface area contributed by atoms with Gasteiger partial charge in [-0.25, -0.2) is 0 Å². The van der Waals surface area contributed by atoms with Crippen molar-refractivity contribution >= 4 is 11.3 Å². The number of nitrogens with one attached hydrogen (secondary N) is 1. The van der Waals surface area contributed by atoms with Crippen molar-refractivity contribution in [2.45, 2.75) is 51.6 Å². The zero-order chi connectivity index (χ0) is 14.2. The normalized spacial score (nSPS) is 18.7. The molecule has 2 aliphatic rings. The van der Waals surface area contributed by atoms with Crippen molar-refractivity contribution in [3.63, 3.8) is 0 Å². The fraction of sp³-hybridized carbons (Fsp3) is 0.474. The zero-order valence-corrected chi connectivity index (χ0v) is 13.5. The van der Waals surface area contributed by atoms with Gasteiger partial charge in [0.1, 0.15) is 0 Å². The minimum atomic E-state index is 0.544. The summed E-state index contributed by atoms with van der Waals surface area (Å²) in [5.74, 6) is 0.847. The molecule has 21 heavy (non-hydrogen) atoms. The summed E-state index contributed by atoms with van der Waals surface area (Å²) >= 11 is 2.03. The van der Waals surface area contributed by atoms with Crippen LogP contribution >= 0.6 is 11.3 Å². The maximum Gasteiger partial charge on any atom is 0.0351 e. The molecule has 0 amide bonds. The predicted octanol–water partition coefficient (Wildman–Crippen LogP) is 4.79. The van der Waals surface area contributed by atoms with Gasteiger partial charge >= 0.3 is 0 Å². The lowest BCUT2D eigenvalue weighted by atomic mass is 10.0. The quantitative estimate of drug-likeness (QED) is 0.837. The van der Waals surface area contributed by atoms with Crippen LogP contribution in [0.15, 0.2) is 30.3 Å². The molecule has 1 unspecified atom stereocenters. The van der Waals surface area contributed by atoms with Crippen LogP contribution in [-0.4, -0.2) is 0 Å². The number of rotatable bonds is 5. The van der Waals surface area contributed by atoms with Crippen molar-refractivity contribution in [2.75, 3.05) is 0 Å². The van der Waals surface area contributed by atoms with Gasteiger partial charge in [0, 0.05) is 22.3 Å². The molecule has 4 rings (SSSR count). The fourth-order valence-electron chi connectivity index (χ4n) is 3.45. The third-order valence-corrected chi connectivity index (χ3v) is 6.06. The summed E-state index contributed by atoms with van der Waals surface area (Å²) < 4.78 is 0. The minimum Gasteiger partial charge on any atom is -0.305 e. The van der Waals surface area contributed by atoms with E-state index in [0.717, 1.165) is 12.5 Å². The van der Waals surface area contributed by atoms with Crippen molar-refractivity contribution in [1.29, 1.82) is 0 Å². The van der Waals surface area contributed by atoms with E-state index in [1.165, 1.54) is 48.1 Å². The van der Waals surface area contributed by atoms with Crippen LogP contribution < -0.4 is 5.32 Å². The number of fused-ring (bicyclic) bond motifs is 1. The minimum absolute atomic E-state index is 0.544. The molecule has 110 valence electrons. The van der Waals surface area contributed by atoms with Crippen LogP contribution in [0, 0.1) is 12.8 Å². The van der Waals surface area contributed by atoms with Crippen molar-refractivity contribution < 1.29 is 0 Å². The first-order chi connectivity index (χ1) is 10.3. The molecule has 2 heteroatoms. The molecule has 1 saturated carbocycles. The Kier molecular flexibility index (Phi) is 3.60. The Balaban J connectivity index is 1.46. The highest BCUT2D eigenvalue weighted by atomic mass is 32.1. The highest BCUT2D eigenvalue weighted by Gasteiger charge is 2.32. The van der Waals surface area contributed by atoms with Crippen LogP contribution in [-0.2, 0) is 19.4 Å². The second kappa shape index (κ2) is 5.58. The van der Waals surface area contributed by atoms with Crippen LogP contribution in [0.1, 0.15) is 51.7 Å². The monoisotopic (exact) mass is 297 g/mol. The molecule has 1 nitrogen and oxygen atoms in total. The second-order valence-corrected chi connectivity index (χ2v) is 7.84. The summed E-state index contributed by atoms with van der Waals surface area (Å²) in [7, 11) is 0. The van der Waals surface area contributed by atoms with Gasteiger partial charge in [-0.1, -0.05) is 29.8 Å². The van der Waals surface area contributed by atoms with Gasteiger partial charge in [-0.2, -0.15) is 0 Å². The van der Waals surface area contributed by atoms with Crippen LogP contribution in [0.5, 0.6) is 0 Å². The van der Waals surface area contributed by atoms with E-state index in [1.54, 1.807) is 10.4 Å². The van der Waals surface area contributed by atoms with Crippen LogP contribution in [0.3, 0.4) is 0 Å². The first kappa shape index (κ1) is 13.5. The first-order valence-corrected chi connectivity index (χ1v) is 9.01. The van der Waals surface area contributed by atoms with E-state index in [4.69, 9.17) is 0 Å². The largest absolute Gasteiger partial charge is 0.305 e. The highest BCUT2D eigenvalue weighted by molar-refractivity contribution is 7.12.